The summed E-state index contributed by atoms with van der Waals surface area (Å²) in [4.78, 5) is 3.98. The van der Waals surface area contributed by atoms with Gasteiger partial charge in [0.25, 0.3) is 0 Å². The average Bonchev–Trinajstić information content (AvgIpc) is 3.50. The molecule has 0 saturated carbocycles. The van der Waals surface area contributed by atoms with Gasteiger partial charge in [-0.1, -0.05) is 164 Å². The number of aromatic nitrogens is 1. The van der Waals surface area contributed by atoms with Crippen LogP contribution in [0.2, 0.25) is 0 Å². The predicted molar refractivity (Wildman–Crippen MR) is 201 cm³/mol. The van der Waals surface area contributed by atoms with Gasteiger partial charge in [-0.05, 0) is 44.0 Å². The standard InChI is InChI=1S/C44H29N3Si/c1-46-40-30-29-35(39(31-45)44(40)47-41-26-14-11-23-36(41)37-24-12-15-27-42(37)47)38-25-13-16-28-43(38)48(32-17-5-2-6-18-32,33-19-7-3-8-20-33)34-21-9-4-10-22-34/h2-30H. The molecule has 0 atom stereocenters. The van der Waals surface area contributed by atoms with Crippen LogP contribution >= 0.6 is 0 Å². The Labute approximate surface area is 281 Å². The van der Waals surface area contributed by atoms with Gasteiger partial charge in [0, 0.05) is 10.8 Å². The third-order valence-electron chi connectivity index (χ3n) is 9.43. The zero-order valence-corrected chi connectivity index (χ0v) is 27.1. The molecule has 0 N–H and O–H groups in total. The first-order valence-electron chi connectivity index (χ1n) is 16.0. The van der Waals surface area contributed by atoms with Crippen molar-refractivity contribution in [3.8, 4) is 22.9 Å². The van der Waals surface area contributed by atoms with E-state index in [0.717, 1.165) is 32.9 Å². The molecule has 4 heteroatoms. The summed E-state index contributed by atoms with van der Waals surface area (Å²) < 4.78 is 2.11. The highest BCUT2D eigenvalue weighted by atomic mass is 28.3. The number of hydrogen-bond acceptors (Lipinski definition) is 1. The highest BCUT2D eigenvalue weighted by Crippen LogP contribution is 2.40. The molecule has 0 saturated heterocycles. The number of nitriles is 1. The molecule has 1 aromatic heterocycles. The molecule has 0 spiro atoms. The molecule has 3 nitrogen and oxygen atoms in total. The summed E-state index contributed by atoms with van der Waals surface area (Å²) in [7, 11) is -2.93. The number of benzene rings is 7. The Balaban J connectivity index is 1.51. The molecule has 0 amide bonds. The SMILES string of the molecule is [C-]#[N+]c1ccc(-c2ccccc2[Si](c2ccccc2)(c2ccccc2)c2ccccc2)c(C#N)c1-n1c2ccccc2c2ccccc21. The average molecular weight is 628 g/mol. The van der Waals surface area contributed by atoms with Gasteiger partial charge in [-0.15, -0.1) is 0 Å². The van der Waals surface area contributed by atoms with E-state index >= 15 is 0 Å². The van der Waals surface area contributed by atoms with Crippen LogP contribution in [0.4, 0.5) is 5.69 Å². The van der Waals surface area contributed by atoms with E-state index in [4.69, 9.17) is 6.57 Å². The Morgan fingerprint density at radius 1 is 0.500 bits per heavy atom. The molecule has 0 unspecified atom stereocenters. The van der Waals surface area contributed by atoms with Crippen LogP contribution in [0.25, 0.3) is 43.5 Å². The molecule has 0 aliphatic heterocycles. The van der Waals surface area contributed by atoms with E-state index in [1.807, 2.05) is 36.4 Å². The molecule has 1 heterocycles. The van der Waals surface area contributed by atoms with Crippen LogP contribution in [0.3, 0.4) is 0 Å². The van der Waals surface area contributed by atoms with Gasteiger partial charge in [0.05, 0.1) is 28.9 Å². The summed E-state index contributed by atoms with van der Waals surface area (Å²) >= 11 is 0. The van der Waals surface area contributed by atoms with E-state index in [1.54, 1.807) is 0 Å². The Morgan fingerprint density at radius 2 is 0.958 bits per heavy atom. The highest BCUT2D eigenvalue weighted by Gasteiger charge is 2.43. The number of nitrogens with zero attached hydrogens (tertiary/aromatic N) is 3. The number of rotatable bonds is 6. The largest absolute Gasteiger partial charge is 0.318 e. The molecule has 48 heavy (non-hydrogen) atoms. The van der Waals surface area contributed by atoms with Gasteiger partial charge in [0.1, 0.15) is 6.07 Å². The van der Waals surface area contributed by atoms with Gasteiger partial charge in [0.15, 0.2) is 8.07 Å². The van der Waals surface area contributed by atoms with Crippen LogP contribution in [-0.4, -0.2) is 12.6 Å². The van der Waals surface area contributed by atoms with Crippen molar-refractivity contribution >= 4 is 56.3 Å². The van der Waals surface area contributed by atoms with Gasteiger partial charge < -0.3 is 4.57 Å². The zero-order valence-electron chi connectivity index (χ0n) is 26.1. The van der Waals surface area contributed by atoms with E-state index in [-0.39, 0.29) is 0 Å². The molecular weight excluding hydrogens is 599 g/mol. The first kappa shape index (κ1) is 29.0. The van der Waals surface area contributed by atoms with E-state index in [9.17, 15) is 5.26 Å². The van der Waals surface area contributed by atoms with Crippen LogP contribution in [-0.2, 0) is 0 Å². The predicted octanol–water partition coefficient (Wildman–Crippen LogP) is 8.25. The number of fused-ring (bicyclic) bond motifs is 3. The van der Waals surface area contributed by atoms with E-state index < -0.39 is 8.07 Å². The lowest BCUT2D eigenvalue weighted by molar-refractivity contribution is 1.17. The van der Waals surface area contributed by atoms with Crippen molar-refractivity contribution in [3.05, 3.63) is 193 Å². The molecule has 0 aliphatic rings. The zero-order chi connectivity index (χ0) is 32.5. The number of para-hydroxylation sites is 2. The van der Waals surface area contributed by atoms with Crippen LogP contribution in [0.5, 0.6) is 0 Å². The summed E-state index contributed by atoms with van der Waals surface area (Å²) in [6.07, 6.45) is 0. The van der Waals surface area contributed by atoms with Crippen LogP contribution in [0, 0.1) is 17.9 Å². The Morgan fingerprint density at radius 3 is 1.46 bits per heavy atom. The van der Waals surface area contributed by atoms with Crippen molar-refractivity contribution in [2.24, 2.45) is 0 Å². The second kappa shape index (κ2) is 12.0. The maximum atomic E-state index is 11.1. The molecule has 0 bridgehead atoms. The van der Waals surface area contributed by atoms with Gasteiger partial charge >= 0.3 is 0 Å². The smallest absolute Gasteiger partial charge is 0.211 e. The van der Waals surface area contributed by atoms with Crippen LogP contribution < -0.4 is 20.7 Å². The molecular formula is C44H29N3Si. The first-order valence-corrected chi connectivity index (χ1v) is 18.0. The lowest BCUT2D eigenvalue weighted by Crippen LogP contribution is -2.75. The highest BCUT2D eigenvalue weighted by molar-refractivity contribution is 7.20. The molecule has 8 aromatic rings. The minimum absolute atomic E-state index is 0.442. The first-order chi connectivity index (χ1) is 23.8. The monoisotopic (exact) mass is 627 g/mol. The van der Waals surface area contributed by atoms with Crippen molar-refractivity contribution in [1.29, 1.82) is 5.26 Å². The van der Waals surface area contributed by atoms with Crippen molar-refractivity contribution < 1.29 is 0 Å². The van der Waals surface area contributed by atoms with E-state index in [2.05, 4.69) is 155 Å². The third kappa shape index (κ3) is 4.40. The summed E-state index contributed by atoms with van der Waals surface area (Å²) in [5.41, 5.74) is 5.28. The Bertz CT molecular complexity index is 2370. The molecule has 7 aromatic carbocycles. The maximum absolute atomic E-state index is 11.1. The lowest BCUT2D eigenvalue weighted by Gasteiger charge is -2.36. The van der Waals surface area contributed by atoms with E-state index in [1.165, 1.54) is 20.7 Å². The third-order valence-corrected chi connectivity index (χ3v) is 14.3. The molecule has 0 aliphatic carbocycles. The fourth-order valence-corrected chi connectivity index (χ4v) is 12.5. The summed E-state index contributed by atoms with van der Waals surface area (Å²) in [6, 6.07) is 63.9. The summed E-state index contributed by atoms with van der Waals surface area (Å²) in [6.45, 7) is 8.24. The molecule has 0 fully saturated rings. The topological polar surface area (TPSA) is 33.1 Å². The van der Waals surface area contributed by atoms with Gasteiger partial charge in [-0.25, -0.2) is 4.85 Å². The van der Waals surface area contributed by atoms with Crippen molar-refractivity contribution in [2.75, 3.05) is 0 Å². The van der Waals surface area contributed by atoms with Crippen molar-refractivity contribution in [2.45, 2.75) is 0 Å². The molecule has 0 radical (unpaired) electrons. The molecule has 8 rings (SSSR count). The van der Waals surface area contributed by atoms with Gasteiger partial charge in [-0.3, -0.25) is 0 Å². The minimum Gasteiger partial charge on any atom is -0.318 e. The number of hydrogen-bond donors (Lipinski definition) is 0. The second-order valence-electron chi connectivity index (χ2n) is 11.8. The quantitative estimate of drug-likeness (QED) is 0.104. The van der Waals surface area contributed by atoms with Crippen molar-refractivity contribution in [3.63, 3.8) is 0 Å². The fraction of sp³-hybridized carbons (Fsp3) is 0. The van der Waals surface area contributed by atoms with Crippen molar-refractivity contribution in [1.82, 2.24) is 4.57 Å². The second-order valence-corrected chi connectivity index (χ2v) is 15.6. The van der Waals surface area contributed by atoms with Crippen LogP contribution in [0.15, 0.2) is 176 Å². The Hall–Kier alpha value is -6.46. The normalized spacial score (nSPS) is 11.3. The lowest BCUT2D eigenvalue weighted by atomic mass is 9.97. The molecule has 224 valence electrons. The van der Waals surface area contributed by atoms with Gasteiger partial charge in [0.2, 0.25) is 5.69 Å². The van der Waals surface area contributed by atoms with Crippen LogP contribution in [0.1, 0.15) is 5.56 Å². The Kier molecular flexibility index (Phi) is 7.27. The maximum Gasteiger partial charge on any atom is 0.211 e. The summed E-state index contributed by atoms with van der Waals surface area (Å²) in [5.74, 6) is 0. The fourth-order valence-electron chi connectivity index (χ4n) is 7.47. The summed E-state index contributed by atoms with van der Waals surface area (Å²) in [5, 5.41) is 18.2. The van der Waals surface area contributed by atoms with Gasteiger partial charge in [-0.2, -0.15) is 5.26 Å². The van der Waals surface area contributed by atoms with E-state index in [0.29, 0.717) is 16.9 Å². The minimum atomic E-state index is -2.93.